The Morgan fingerprint density at radius 3 is 1.00 bits per heavy atom. The van der Waals surface area contributed by atoms with E-state index in [0.29, 0.717) is 0 Å². The molecule has 0 unspecified atom stereocenters. The summed E-state index contributed by atoms with van der Waals surface area (Å²) >= 11 is 0. The van der Waals surface area contributed by atoms with E-state index < -0.39 is 0 Å². The third kappa shape index (κ3) is 101. The largest absolute Gasteiger partial charge is 0.333 e. The van der Waals surface area contributed by atoms with E-state index in [1.165, 1.54) is 7.05 Å². The normalized spacial score (nSPS) is 3.00. The molecular weight excluding hydrogens is 54.0 g/mol. The maximum atomic E-state index is 4.50. The molecule has 0 spiro atoms. The summed E-state index contributed by atoms with van der Waals surface area (Å²) < 4.78 is 0. The summed E-state index contributed by atoms with van der Waals surface area (Å²) in [6.07, 6.45) is 0. The Morgan fingerprint density at radius 2 is 1.00 bits per heavy atom. The molecule has 4 heavy (non-hydrogen) atoms. The van der Waals surface area contributed by atoms with Crippen LogP contribution in [-0.4, -0.2) is 7.05 Å². The summed E-state index contributed by atoms with van der Waals surface area (Å²) in [5, 5.41) is 0. The summed E-state index contributed by atoms with van der Waals surface area (Å²) in [6.45, 7) is 0. The van der Waals surface area contributed by atoms with E-state index in [-0.39, 0.29) is 0 Å². The maximum absolute atomic E-state index is 4.50. The lowest BCUT2D eigenvalue weighted by atomic mass is 11.6. The second-order valence-electron chi connectivity index (χ2n) is 0. The minimum Gasteiger partial charge on any atom is -0.333 e. The molecule has 3 heteroatoms. The van der Waals surface area contributed by atoms with E-state index in [4.69, 9.17) is 0 Å². The van der Waals surface area contributed by atoms with Crippen LogP contribution >= 0.6 is 0 Å². The number of hydrogen-bond acceptors (Lipinski definition) is 3. The molecule has 0 amide bonds. The SMILES string of the molecule is CN.NN. The van der Waals surface area contributed by atoms with Crippen LogP contribution < -0.4 is 17.4 Å². The predicted molar refractivity (Wildman–Crippen MR) is 18.5 cm³/mol. The van der Waals surface area contributed by atoms with Crippen LogP contribution in [0.15, 0.2) is 0 Å². The van der Waals surface area contributed by atoms with E-state index in [1.807, 2.05) is 0 Å². The maximum Gasteiger partial charge on any atom is -0.0195 e. The first kappa shape index (κ1) is 9.11. The molecule has 0 aromatic heterocycles. The van der Waals surface area contributed by atoms with Gasteiger partial charge in [-0.3, -0.25) is 11.7 Å². The summed E-state index contributed by atoms with van der Waals surface area (Å²) in [7, 11) is 1.50. The lowest BCUT2D eigenvalue weighted by Crippen LogP contribution is -2.02. The van der Waals surface area contributed by atoms with Gasteiger partial charge >= 0.3 is 0 Å². The zero-order valence-electron chi connectivity index (χ0n) is 2.73. The van der Waals surface area contributed by atoms with Crippen molar-refractivity contribution in [3.63, 3.8) is 0 Å². The average Bonchev–Trinajstić information content (AvgIpc) is 1.50. The van der Waals surface area contributed by atoms with Crippen molar-refractivity contribution >= 4 is 0 Å². The Morgan fingerprint density at radius 1 is 1.00 bits per heavy atom. The van der Waals surface area contributed by atoms with Crippen molar-refractivity contribution in [1.29, 1.82) is 0 Å². The molecule has 0 saturated heterocycles. The molecule has 6 N–H and O–H groups in total. The highest BCUT2D eigenvalue weighted by molar-refractivity contribution is 3.54. The first-order valence-electron chi connectivity index (χ1n) is 0.911. The fourth-order valence-electron chi connectivity index (χ4n) is 0. The van der Waals surface area contributed by atoms with Crippen LogP contribution in [0, 0.1) is 0 Å². The van der Waals surface area contributed by atoms with Crippen LogP contribution in [0.5, 0.6) is 0 Å². The fraction of sp³-hybridized carbons (Fsp3) is 1.00. The smallest absolute Gasteiger partial charge is 0.0195 e. The molecule has 0 bridgehead atoms. The number of rotatable bonds is 0. The molecule has 28 valence electrons. The number of hydrogen-bond donors (Lipinski definition) is 3. The Bertz CT molecular complexity index is 3.25. The Labute approximate surface area is 25.7 Å². The van der Waals surface area contributed by atoms with Gasteiger partial charge in [-0.1, -0.05) is 0 Å². The van der Waals surface area contributed by atoms with E-state index in [0.717, 1.165) is 0 Å². The molecule has 0 heterocycles. The van der Waals surface area contributed by atoms with Crippen LogP contribution in [0.1, 0.15) is 0 Å². The molecule has 0 aliphatic heterocycles. The Kier molecular flexibility index (Phi) is 1610. The first-order valence-corrected chi connectivity index (χ1v) is 0.911. The van der Waals surface area contributed by atoms with Gasteiger partial charge in [0.1, 0.15) is 0 Å². The van der Waals surface area contributed by atoms with Crippen molar-refractivity contribution in [2.75, 3.05) is 7.05 Å². The van der Waals surface area contributed by atoms with Gasteiger partial charge in [-0.2, -0.15) is 0 Å². The van der Waals surface area contributed by atoms with Crippen molar-refractivity contribution in [1.82, 2.24) is 0 Å². The molecule has 0 rings (SSSR count). The first-order chi connectivity index (χ1) is 2.00. The Balaban J connectivity index is 0. The lowest BCUT2D eigenvalue weighted by Gasteiger charge is -1.27. The molecule has 0 aliphatic carbocycles. The summed E-state index contributed by atoms with van der Waals surface area (Å²) in [4.78, 5) is 0. The van der Waals surface area contributed by atoms with Crippen LogP contribution in [0.2, 0.25) is 0 Å². The second kappa shape index (κ2) is 707. The van der Waals surface area contributed by atoms with E-state index in [2.05, 4.69) is 17.4 Å². The molecule has 0 radical (unpaired) electrons. The van der Waals surface area contributed by atoms with Crippen LogP contribution in [-0.2, 0) is 0 Å². The lowest BCUT2D eigenvalue weighted by molar-refractivity contribution is 1.26. The van der Waals surface area contributed by atoms with Gasteiger partial charge in [0.25, 0.3) is 0 Å². The van der Waals surface area contributed by atoms with Crippen molar-refractivity contribution in [3.05, 3.63) is 0 Å². The minimum atomic E-state index is 1.50. The minimum absolute atomic E-state index is 1.50. The average molecular weight is 63.1 g/mol. The molecule has 0 saturated carbocycles. The van der Waals surface area contributed by atoms with Gasteiger partial charge < -0.3 is 5.73 Å². The highest BCUT2D eigenvalue weighted by Crippen LogP contribution is 0.469. The highest BCUT2D eigenvalue weighted by Gasteiger charge is 0.836. The summed E-state index contributed by atoms with van der Waals surface area (Å²) in [5.41, 5.74) is 4.50. The zero-order valence-corrected chi connectivity index (χ0v) is 2.73. The summed E-state index contributed by atoms with van der Waals surface area (Å²) in [6, 6.07) is 0. The van der Waals surface area contributed by atoms with Gasteiger partial charge in [0.2, 0.25) is 0 Å². The molecule has 0 aromatic carbocycles. The number of nitrogens with two attached hydrogens (primary N) is 3. The Hall–Kier alpha value is -0.120. The molecule has 0 aliphatic rings. The molecule has 3 nitrogen and oxygen atoms in total. The highest BCUT2D eigenvalue weighted by atomic mass is 15.0. The van der Waals surface area contributed by atoms with E-state index >= 15 is 0 Å². The van der Waals surface area contributed by atoms with Crippen molar-refractivity contribution < 1.29 is 0 Å². The standard InChI is InChI=1S/CH5N.H4N2/c2*1-2/h2H2,1H3;1-2H2. The third-order valence-corrected chi connectivity index (χ3v) is 0. The third-order valence-electron chi connectivity index (χ3n) is 0. The van der Waals surface area contributed by atoms with E-state index in [1.54, 1.807) is 0 Å². The van der Waals surface area contributed by atoms with Crippen molar-refractivity contribution in [2.24, 2.45) is 17.4 Å². The second-order valence-corrected chi connectivity index (χ2v) is 0. The summed E-state index contributed by atoms with van der Waals surface area (Å²) in [5.74, 6) is 8.00. The quantitative estimate of drug-likeness (QED) is 0.234. The van der Waals surface area contributed by atoms with Gasteiger partial charge in [-0.15, -0.1) is 0 Å². The topological polar surface area (TPSA) is 78.1 Å². The zero-order chi connectivity index (χ0) is 4.00. The van der Waals surface area contributed by atoms with Crippen LogP contribution in [0.25, 0.3) is 0 Å². The fourth-order valence-corrected chi connectivity index (χ4v) is 0. The monoisotopic (exact) mass is 63.1 g/mol. The van der Waals surface area contributed by atoms with Gasteiger partial charge in [-0.25, -0.2) is 0 Å². The van der Waals surface area contributed by atoms with Gasteiger partial charge in [-0.05, 0) is 7.05 Å². The van der Waals surface area contributed by atoms with Crippen LogP contribution in [0.3, 0.4) is 0 Å². The predicted octanol–water partition coefficient (Wildman–Crippen LogP) is -1.61. The molecule has 0 fully saturated rings. The van der Waals surface area contributed by atoms with Gasteiger partial charge in [0, 0.05) is 0 Å². The molecular formula is CH9N3. The number of hydrazine groups is 1. The van der Waals surface area contributed by atoms with Gasteiger partial charge in [0.15, 0.2) is 0 Å². The van der Waals surface area contributed by atoms with Crippen molar-refractivity contribution in [3.8, 4) is 0 Å². The van der Waals surface area contributed by atoms with Crippen LogP contribution in [0.4, 0.5) is 0 Å². The van der Waals surface area contributed by atoms with E-state index in [9.17, 15) is 0 Å². The molecule has 0 aromatic rings. The van der Waals surface area contributed by atoms with Crippen molar-refractivity contribution in [2.45, 2.75) is 0 Å². The molecule has 0 atom stereocenters. The van der Waals surface area contributed by atoms with Gasteiger partial charge in [0.05, 0.1) is 0 Å².